The highest BCUT2D eigenvalue weighted by Crippen LogP contribution is 2.41. The van der Waals surface area contributed by atoms with Gasteiger partial charge in [-0.2, -0.15) is 5.10 Å². The molecule has 1 aromatic carbocycles. The summed E-state index contributed by atoms with van der Waals surface area (Å²) in [5.74, 6) is 0.504. The Morgan fingerprint density at radius 2 is 2.05 bits per heavy atom. The number of hydrogen-bond donors (Lipinski definition) is 1. The van der Waals surface area contributed by atoms with E-state index in [2.05, 4.69) is 17.3 Å². The van der Waals surface area contributed by atoms with Gasteiger partial charge in [0.15, 0.2) is 0 Å². The van der Waals surface area contributed by atoms with Crippen molar-refractivity contribution in [3.63, 3.8) is 0 Å². The first kappa shape index (κ1) is 13.3. The highest BCUT2D eigenvalue weighted by Gasteiger charge is 2.32. The van der Waals surface area contributed by atoms with E-state index in [-0.39, 0.29) is 5.82 Å². The molecule has 2 aromatic rings. The van der Waals surface area contributed by atoms with Gasteiger partial charge in [0, 0.05) is 30.9 Å². The molecular weight excluding hydrogens is 253 g/mol. The number of halogens is 1. The Hall–Kier alpha value is -1.68. The van der Waals surface area contributed by atoms with E-state index in [1.165, 1.54) is 29.7 Å². The normalized spacial score (nSPS) is 16.4. The lowest BCUT2D eigenvalue weighted by molar-refractivity contribution is 0.478. The van der Waals surface area contributed by atoms with Gasteiger partial charge in [-0.15, -0.1) is 0 Å². The topological polar surface area (TPSA) is 29.9 Å². The van der Waals surface area contributed by atoms with Gasteiger partial charge in [-0.25, -0.2) is 4.39 Å². The molecule has 1 saturated carbocycles. The Morgan fingerprint density at radius 3 is 2.60 bits per heavy atom. The Labute approximate surface area is 118 Å². The van der Waals surface area contributed by atoms with Gasteiger partial charge >= 0.3 is 0 Å². The van der Waals surface area contributed by atoms with Gasteiger partial charge in [0.2, 0.25) is 0 Å². The fourth-order valence-electron chi connectivity index (χ4n) is 2.59. The van der Waals surface area contributed by atoms with Crippen LogP contribution in [0, 0.1) is 18.7 Å². The van der Waals surface area contributed by atoms with E-state index in [4.69, 9.17) is 0 Å². The summed E-state index contributed by atoms with van der Waals surface area (Å²) in [4.78, 5) is 0. The third-order valence-corrected chi connectivity index (χ3v) is 4.17. The SMILES string of the molecule is Cc1c(CNC(c2ccc(F)cc2)C2CC2)cnn1C. The predicted molar refractivity (Wildman–Crippen MR) is 76.6 cm³/mol. The van der Waals surface area contributed by atoms with E-state index in [9.17, 15) is 4.39 Å². The Morgan fingerprint density at radius 1 is 1.35 bits per heavy atom. The smallest absolute Gasteiger partial charge is 0.123 e. The summed E-state index contributed by atoms with van der Waals surface area (Å²) in [7, 11) is 1.96. The molecule has 0 aliphatic heterocycles. The molecule has 20 heavy (non-hydrogen) atoms. The molecule has 1 unspecified atom stereocenters. The monoisotopic (exact) mass is 273 g/mol. The quantitative estimate of drug-likeness (QED) is 0.907. The summed E-state index contributed by atoms with van der Waals surface area (Å²) in [6.07, 6.45) is 4.42. The molecule has 1 fully saturated rings. The number of hydrogen-bond acceptors (Lipinski definition) is 2. The van der Waals surface area contributed by atoms with Crippen molar-refractivity contribution >= 4 is 0 Å². The number of aryl methyl sites for hydroxylation is 1. The van der Waals surface area contributed by atoms with Crippen molar-refractivity contribution in [3.8, 4) is 0 Å². The van der Waals surface area contributed by atoms with Gasteiger partial charge in [-0.05, 0) is 43.4 Å². The number of aromatic nitrogens is 2. The summed E-state index contributed by atoms with van der Waals surface area (Å²) >= 11 is 0. The van der Waals surface area contributed by atoms with Crippen LogP contribution in [0.15, 0.2) is 30.5 Å². The number of nitrogens with one attached hydrogen (secondary N) is 1. The highest BCUT2D eigenvalue weighted by atomic mass is 19.1. The molecule has 4 heteroatoms. The number of benzene rings is 1. The summed E-state index contributed by atoms with van der Waals surface area (Å²) in [6.45, 7) is 2.88. The van der Waals surface area contributed by atoms with Crippen LogP contribution in [0.5, 0.6) is 0 Å². The van der Waals surface area contributed by atoms with Crippen molar-refractivity contribution in [1.82, 2.24) is 15.1 Å². The van der Waals surface area contributed by atoms with Gasteiger partial charge in [-0.1, -0.05) is 12.1 Å². The molecular formula is C16H20FN3. The minimum absolute atomic E-state index is 0.175. The molecule has 1 aromatic heterocycles. The second-order valence-corrected chi connectivity index (χ2v) is 5.63. The average molecular weight is 273 g/mol. The zero-order chi connectivity index (χ0) is 14.1. The third kappa shape index (κ3) is 2.75. The van der Waals surface area contributed by atoms with Gasteiger partial charge in [0.05, 0.1) is 6.20 Å². The standard InChI is InChI=1S/C16H20FN3/c1-11-14(10-19-20(11)2)9-18-16(12-3-4-12)13-5-7-15(17)8-6-13/h5-8,10,12,16,18H,3-4,9H2,1-2H3. The van der Waals surface area contributed by atoms with E-state index in [0.29, 0.717) is 12.0 Å². The van der Waals surface area contributed by atoms with Gasteiger partial charge in [0.1, 0.15) is 5.82 Å². The maximum absolute atomic E-state index is 13.0. The maximum Gasteiger partial charge on any atom is 0.123 e. The Bertz CT molecular complexity index is 584. The van der Waals surface area contributed by atoms with Crippen LogP contribution in [-0.4, -0.2) is 9.78 Å². The fourth-order valence-corrected chi connectivity index (χ4v) is 2.59. The number of nitrogens with zero attached hydrogens (tertiary/aromatic N) is 2. The Kier molecular flexibility index (Phi) is 3.57. The van der Waals surface area contributed by atoms with Crippen molar-refractivity contribution in [3.05, 3.63) is 53.1 Å². The number of rotatable bonds is 5. The zero-order valence-corrected chi connectivity index (χ0v) is 11.9. The molecule has 0 radical (unpaired) electrons. The molecule has 1 aliphatic carbocycles. The molecule has 0 saturated heterocycles. The average Bonchev–Trinajstić information content (AvgIpc) is 3.23. The van der Waals surface area contributed by atoms with Crippen LogP contribution in [0.1, 0.15) is 35.7 Å². The zero-order valence-electron chi connectivity index (χ0n) is 11.9. The van der Waals surface area contributed by atoms with Crippen LogP contribution in [-0.2, 0) is 13.6 Å². The van der Waals surface area contributed by atoms with Crippen LogP contribution in [0.2, 0.25) is 0 Å². The first-order valence-corrected chi connectivity index (χ1v) is 7.11. The first-order chi connectivity index (χ1) is 9.65. The van der Waals surface area contributed by atoms with E-state index >= 15 is 0 Å². The largest absolute Gasteiger partial charge is 0.305 e. The molecule has 106 valence electrons. The molecule has 1 atom stereocenters. The summed E-state index contributed by atoms with van der Waals surface area (Å²) in [5.41, 5.74) is 3.59. The highest BCUT2D eigenvalue weighted by molar-refractivity contribution is 5.23. The molecule has 1 N–H and O–H groups in total. The molecule has 0 spiro atoms. The lowest BCUT2D eigenvalue weighted by Crippen LogP contribution is -2.23. The van der Waals surface area contributed by atoms with Crippen LogP contribution in [0.4, 0.5) is 4.39 Å². The van der Waals surface area contributed by atoms with E-state index in [0.717, 1.165) is 6.54 Å². The second kappa shape index (κ2) is 5.37. The fraction of sp³-hybridized carbons (Fsp3) is 0.438. The van der Waals surface area contributed by atoms with Crippen molar-refractivity contribution in [2.75, 3.05) is 0 Å². The summed E-state index contributed by atoms with van der Waals surface area (Å²) in [6, 6.07) is 7.18. The van der Waals surface area contributed by atoms with E-state index < -0.39 is 0 Å². The Balaban J connectivity index is 1.72. The summed E-state index contributed by atoms with van der Waals surface area (Å²) in [5, 5.41) is 7.88. The minimum atomic E-state index is -0.175. The molecule has 3 rings (SSSR count). The lowest BCUT2D eigenvalue weighted by atomic mass is 10.0. The lowest BCUT2D eigenvalue weighted by Gasteiger charge is -2.18. The molecule has 1 heterocycles. The minimum Gasteiger partial charge on any atom is -0.305 e. The maximum atomic E-state index is 13.0. The third-order valence-electron chi connectivity index (χ3n) is 4.17. The van der Waals surface area contributed by atoms with Crippen LogP contribution in [0.25, 0.3) is 0 Å². The molecule has 0 amide bonds. The van der Waals surface area contributed by atoms with Crippen LogP contribution < -0.4 is 5.32 Å². The van der Waals surface area contributed by atoms with Crippen molar-refractivity contribution in [1.29, 1.82) is 0 Å². The molecule has 1 aliphatic rings. The second-order valence-electron chi connectivity index (χ2n) is 5.63. The van der Waals surface area contributed by atoms with Crippen LogP contribution in [0.3, 0.4) is 0 Å². The van der Waals surface area contributed by atoms with Crippen molar-refractivity contribution < 1.29 is 4.39 Å². The van der Waals surface area contributed by atoms with E-state index in [1.807, 2.05) is 30.1 Å². The van der Waals surface area contributed by atoms with Gasteiger partial charge < -0.3 is 5.32 Å². The van der Waals surface area contributed by atoms with Gasteiger partial charge in [-0.3, -0.25) is 4.68 Å². The van der Waals surface area contributed by atoms with Crippen molar-refractivity contribution in [2.24, 2.45) is 13.0 Å². The first-order valence-electron chi connectivity index (χ1n) is 7.11. The van der Waals surface area contributed by atoms with Crippen LogP contribution >= 0.6 is 0 Å². The molecule has 3 nitrogen and oxygen atoms in total. The van der Waals surface area contributed by atoms with E-state index in [1.54, 1.807) is 12.1 Å². The molecule has 0 bridgehead atoms. The predicted octanol–water partition coefficient (Wildman–Crippen LogP) is 3.11. The summed E-state index contributed by atoms with van der Waals surface area (Å²) < 4.78 is 14.9. The van der Waals surface area contributed by atoms with Crippen molar-refractivity contribution in [2.45, 2.75) is 32.4 Å². The van der Waals surface area contributed by atoms with Gasteiger partial charge in [0.25, 0.3) is 0 Å².